The van der Waals surface area contributed by atoms with Crippen LogP contribution in [-0.4, -0.2) is 30.5 Å². The molecular weight excluding hydrogens is 673 g/mol. The molecule has 0 bridgehead atoms. The maximum atomic E-state index is 12.4. The van der Waals surface area contributed by atoms with E-state index in [1.165, 1.54) is 82.7 Å². The van der Waals surface area contributed by atoms with E-state index < -0.39 is 0 Å². The number of hydrogen-bond donors (Lipinski definition) is 4. The van der Waals surface area contributed by atoms with Gasteiger partial charge in [-0.3, -0.25) is 4.79 Å². The van der Waals surface area contributed by atoms with Crippen LogP contribution in [0.3, 0.4) is 0 Å². The summed E-state index contributed by atoms with van der Waals surface area (Å²) in [5.74, 6) is 2.33. The third kappa shape index (κ3) is 27.0. The van der Waals surface area contributed by atoms with E-state index >= 15 is 0 Å². The molecule has 0 aromatic carbocycles. The van der Waals surface area contributed by atoms with Gasteiger partial charge in [0.15, 0.2) is 5.78 Å². The second-order valence-corrected chi connectivity index (χ2v) is 17.4. The van der Waals surface area contributed by atoms with Crippen molar-refractivity contribution in [2.45, 2.75) is 224 Å². The number of carbonyl (C=O) groups excluding carboxylic acids is 1. The number of allylic oxidation sites excluding steroid dienone is 2. The van der Waals surface area contributed by atoms with Crippen LogP contribution in [0.5, 0.6) is 0 Å². The molecule has 1 aliphatic carbocycles. The SMILES string of the molecule is C=C(NC(CCCC)C(C)(C)C)NC(C(C)=O)C1(C)CCCCCC1.C=CCNC(=C)C(=C)CC(CCCC)NC(=C)C(C)CC(CC)CC.CC.CCC. The van der Waals surface area contributed by atoms with Gasteiger partial charge in [0.05, 0.1) is 11.9 Å². The number of Topliss-reactive ketones (excluding diaryl/α,β-unsaturated/α-hetero) is 1. The molecule has 1 fully saturated rings. The van der Waals surface area contributed by atoms with Crippen molar-refractivity contribution in [3.8, 4) is 0 Å². The lowest BCUT2D eigenvalue weighted by atomic mass is 9.74. The summed E-state index contributed by atoms with van der Waals surface area (Å²) >= 11 is 0. The lowest BCUT2D eigenvalue weighted by molar-refractivity contribution is -0.122. The van der Waals surface area contributed by atoms with Crippen LogP contribution in [0.2, 0.25) is 0 Å². The minimum absolute atomic E-state index is 0.0353. The average Bonchev–Trinajstić information content (AvgIpc) is 3.37. The zero-order valence-corrected chi connectivity index (χ0v) is 39.6. The highest BCUT2D eigenvalue weighted by molar-refractivity contribution is 5.82. The summed E-state index contributed by atoms with van der Waals surface area (Å²) < 4.78 is 0. The number of ketones is 1. The Bertz CT molecular complexity index is 1020. The zero-order valence-electron chi connectivity index (χ0n) is 39.6. The normalized spacial score (nSPS) is 15.6. The van der Waals surface area contributed by atoms with Gasteiger partial charge in [0.25, 0.3) is 0 Å². The van der Waals surface area contributed by atoms with E-state index in [9.17, 15) is 4.79 Å². The molecule has 0 aliphatic heterocycles. The van der Waals surface area contributed by atoms with Crippen LogP contribution in [0.4, 0.5) is 0 Å². The fourth-order valence-electron chi connectivity index (χ4n) is 7.23. The number of carbonyl (C=O) groups is 1. The van der Waals surface area contributed by atoms with Gasteiger partial charge in [0.2, 0.25) is 0 Å². The largest absolute Gasteiger partial charge is 0.386 e. The molecule has 5 nitrogen and oxygen atoms in total. The van der Waals surface area contributed by atoms with Crippen molar-refractivity contribution in [2.75, 3.05) is 6.54 Å². The van der Waals surface area contributed by atoms with Gasteiger partial charge in [-0.15, -0.1) is 6.58 Å². The van der Waals surface area contributed by atoms with E-state index in [4.69, 9.17) is 0 Å². The first kappa shape index (κ1) is 56.9. The smallest absolute Gasteiger partial charge is 0.152 e. The first-order valence-electron chi connectivity index (χ1n) is 22.8. The fourth-order valence-corrected chi connectivity index (χ4v) is 7.23. The molecule has 5 heteroatoms. The maximum absolute atomic E-state index is 12.4. The molecule has 0 aromatic heterocycles. The zero-order chi connectivity index (χ0) is 43.0. The van der Waals surface area contributed by atoms with Gasteiger partial charge in [0, 0.05) is 30.0 Å². The van der Waals surface area contributed by atoms with E-state index in [-0.39, 0.29) is 22.7 Å². The molecule has 0 heterocycles. The summed E-state index contributed by atoms with van der Waals surface area (Å²) in [7, 11) is 0. The highest BCUT2D eigenvalue weighted by atomic mass is 16.1. The predicted molar refractivity (Wildman–Crippen MR) is 250 cm³/mol. The Balaban J connectivity index is -0.000000879. The Morgan fingerprint density at radius 1 is 0.818 bits per heavy atom. The van der Waals surface area contributed by atoms with E-state index in [0.29, 0.717) is 18.0 Å². The first-order valence-corrected chi connectivity index (χ1v) is 22.8. The standard InChI is InChI=1S/C23H42N2.C22H42N2O.C3H8.C2H6/c1-9-13-14-23(17-19(6)20(7)24-15-10-2)25-21(8)18(5)16-22(11-3)12-4;1-8-9-14-19(21(4,5)6)23-18(3)24-20(17(2)25)22(7)15-12-10-11-13-16-22;1-3-2;1-2/h10,18,22-25H,2,6-9,11-17H2,1,3-5H3;19-20,23-24H,3,8-16H2,1-2,4-7H3;3H2,1-2H3;1-2H3. The molecular formula is C50H98N4O. The van der Waals surface area contributed by atoms with Crippen molar-refractivity contribution in [1.82, 2.24) is 21.3 Å². The van der Waals surface area contributed by atoms with Crippen molar-refractivity contribution in [1.29, 1.82) is 0 Å². The Morgan fingerprint density at radius 2 is 1.33 bits per heavy atom. The molecule has 0 spiro atoms. The lowest BCUT2D eigenvalue weighted by Gasteiger charge is -2.39. The molecule has 4 unspecified atom stereocenters. The summed E-state index contributed by atoms with van der Waals surface area (Å²) in [6.07, 6.45) is 22.1. The topological polar surface area (TPSA) is 65.2 Å². The molecule has 1 aliphatic rings. The van der Waals surface area contributed by atoms with E-state index in [1.807, 2.05) is 19.9 Å². The van der Waals surface area contributed by atoms with Gasteiger partial charge in [-0.05, 0) is 73.7 Å². The van der Waals surface area contributed by atoms with Gasteiger partial charge in [-0.1, -0.05) is 193 Å². The number of hydrogen-bond acceptors (Lipinski definition) is 5. The van der Waals surface area contributed by atoms with Crippen LogP contribution in [-0.2, 0) is 4.79 Å². The van der Waals surface area contributed by atoms with Crippen LogP contribution in [0.1, 0.15) is 206 Å². The first-order chi connectivity index (χ1) is 25.9. The summed E-state index contributed by atoms with van der Waals surface area (Å²) in [6, 6.07) is 0.603. The number of rotatable bonds is 25. The Hall–Kier alpha value is -2.43. The second-order valence-electron chi connectivity index (χ2n) is 17.4. The molecule has 1 saturated carbocycles. The average molecular weight is 771 g/mol. The predicted octanol–water partition coefficient (Wildman–Crippen LogP) is 14.3. The molecule has 1 rings (SSSR count). The van der Waals surface area contributed by atoms with Crippen molar-refractivity contribution in [3.05, 3.63) is 61.8 Å². The third-order valence-electron chi connectivity index (χ3n) is 11.0. The summed E-state index contributed by atoms with van der Waals surface area (Å²) in [5.41, 5.74) is 3.35. The molecule has 0 saturated heterocycles. The molecule has 324 valence electrons. The van der Waals surface area contributed by atoms with Gasteiger partial charge >= 0.3 is 0 Å². The van der Waals surface area contributed by atoms with E-state index in [1.54, 1.807) is 6.92 Å². The highest BCUT2D eigenvalue weighted by Gasteiger charge is 2.38. The Kier molecular flexibility index (Phi) is 34.8. The number of nitrogens with one attached hydrogen (secondary N) is 4. The Morgan fingerprint density at radius 3 is 1.76 bits per heavy atom. The Labute approximate surface area is 346 Å². The summed E-state index contributed by atoms with van der Waals surface area (Å²) in [5, 5.41) is 14.0. The number of unbranched alkanes of at least 4 members (excludes halogenated alkanes) is 2. The molecule has 0 amide bonds. The van der Waals surface area contributed by atoms with E-state index in [0.717, 1.165) is 61.7 Å². The van der Waals surface area contributed by atoms with Crippen LogP contribution >= 0.6 is 0 Å². The van der Waals surface area contributed by atoms with Gasteiger partial charge in [0.1, 0.15) is 0 Å². The third-order valence-corrected chi connectivity index (χ3v) is 11.0. The second kappa shape index (κ2) is 33.7. The molecule has 4 N–H and O–H groups in total. The molecule has 4 atom stereocenters. The van der Waals surface area contributed by atoms with Crippen LogP contribution in [0, 0.1) is 22.7 Å². The van der Waals surface area contributed by atoms with Crippen LogP contribution < -0.4 is 21.3 Å². The van der Waals surface area contributed by atoms with Gasteiger partial charge in [-0.2, -0.15) is 0 Å². The van der Waals surface area contributed by atoms with Crippen molar-refractivity contribution in [3.63, 3.8) is 0 Å². The van der Waals surface area contributed by atoms with Gasteiger partial charge in [-0.25, -0.2) is 0 Å². The maximum Gasteiger partial charge on any atom is 0.152 e. The van der Waals surface area contributed by atoms with Gasteiger partial charge < -0.3 is 21.3 Å². The monoisotopic (exact) mass is 771 g/mol. The van der Waals surface area contributed by atoms with Crippen molar-refractivity contribution >= 4 is 5.78 Å². The summed E-state index contributed by atoms with van der Waals surface area (Å²) in [4.78, 5) is 12.4. The van der Waals surface area contributed by atoms with E-state index in [2.05, 4.69) is 130 Å². The van der Waals surface area contributed by atoms with Crippen molar-refractivity contribution in [2.24, 2.45) is 22.7 Å². The minimum atomic E-state index is -0.141. The van der Waals surface area contributed by atoms with Crippen LogP contribution in [0.25, 0.3) is 0 Å². The molecule has 0 radical (unpaired) electrons. The van der Waals surface area contributed by atoms with Crippen LogP contribution in [0.15, 0.2) is 61.8 Å². The quantitative estimate of drug-likeness (QED) is 0.0423. The summed E-state index contributed by atoms with van der Waals surface area (Å²) in [6.45, 7) is 51.7. The lowest BCUT2D eigenvalue weighted by Crippen LogP contribution is -2.52. The molecule has 0 aromatic rings. The fraction of sp³-hybridized carbons (Fsp3) is 0.780. The minimum Gasteiger partial charge on any atom is -0.386 e. The highest BCUT2D eigenvalue weighted by Crippen LogP contribution is 2.38. The van der Waals surface area contributed by atoms with Crippen molar-refractivity contribution < 1.29 is 4.79 Å². The molecule has 55 heavy (non-hydrogen) atoms.